The van der Waals surface area contributed by atoms with Gasteiger partial charge in [0.05, 0.1) is 34.5 Å². The van der Waals surface area contributed by atoms with Crippen LogP contribution in [0.15, 0.2) is 54.2 Å². The number of carbonyl (C=O) groups excluding carboxylic acids is 1. The molecular weight excluding hydrogens is 400 g/mol. The Morgan fingerprint density at radius 2 is 2.03 bits per heavy atom. The summed E-state index contributed by atoms with van der Waals surface area (Å²) in [6.07, 6.45) is 13.9. The highest BCUT2D eigenvalue weighted by Crippen LogP contribution is 2.32. The van der Waals surface area contributed by atoms with Gasteiger partial charge in [-0.3, -0.25) is 14.7 Å². The number of nitrogens with two attached hydrogens (primary N) is 1. The minimum Gasteiger partial charge on any atom is -0.370 e. The number of aromatic nitrogens is 3. The summed E-state index contributed by atoms with van der Waals surface area (Å²) < 4.78 is 1.87. The van der Waals surface area contributed by atoms with E-state index in [0.717, 1.165) is 65.5 Å². The van der Waals surface area contributed by atoms with Gasteiger partial charge in [0.1, 0.15) is 0 Å². The van der Waals surface area contributed by atoms with Crippen LogP contribution in [-0.2, 0) is 4.79 Å². The van der Waals surface area contributed by atoms with Crippen LogP contribution in [-0.4, -0.2) is 49.9 Å². The Balaban J connectivity index is 1.48. The Hall–Kier alpha value is -3.19. The molecule has 32 heavy (non-hydrogen) atoms. The van der Waals surface area contributed by atoms with Gasteiger partial charge < -0.3 is 10.6 Å². The summed E-state index contributed by atoms with van der Waals surface area (Å²) in [6.45, 7) is 8.73. The summed E-state index contributed by atoms with van der Waals surface area (Å²) in [5.41, 5.74) is 12.5. The van der Waals surface area contributed by atoms with Crippen LogP contribution in [0.4, 0.5) is 0 Å². The Labute approximate surface area is 188 Å². The smallest absolute Gasteiger partial charge is 0.255 e. The van der Waals surface area contributed by atoms with E-state index in [1.54, 1.807) is 11.0 Å². The maximum Gasteiger partial charge on any atom is 0.255 e. The fourth-order valence-corrected chi connectivity index (χ4v) is 4.83. The quantitative estimate of drug-likeness (QED) is 0.809. The fourth-order valence-electron chi connectivity index (χ4n) is 4.83. The zero-order valence-electron chi connectivity index (χ0n) is 19.0. The second-order valence-electron chi connectivity index (χ2n) is 9.12. The summed E-state index contributed by atoms with van der Waals surface area (Å²) in [5, 5.41) is 4.78. The lowest BCUT2D eigenvalue weighted by Gasteiger charge is -2.30. The lowest BCUT2D eigenvalue weighted by Crippen LogP contribution is -2.30. The van der Waals surface area contributed by atoms with E-state index in [0.29, 0.717) is 12.5 Å². The first-order valence-corrected chi connectivity index (χ1v) is 11.4. The lowest BCUT2D eigenvalue weighted by atomic mass is 9.92. The summed E-state index contributed by atoms with van der Waals surface area (Å²) in [6, 6.07) is 2.04. The van der Waals surface area contributed by atoms with E-state index in [9.17, 15) is 4.79 Å². The van der Waals surface area contributed by atoms with Crippen LogP contribution < -0.4 is 5.73 Å². The normalized spacial score (nSPS) is 23.6. The van der Waals surface area contributed by atoms with Crippen molar-refractivity contribution in [1.29, 1.82) is 0 Å². The van der Waals surface area contributed by atoms with Crippen molar-refractivity contribution in [2.24, 2.45) is 17.6 Å². The maximum absolute atomic E-state index is 13.4. The number of rotatable bonds is 3. The van der Waals surface area contributed by atoms with Crippen molar-refractivity contribution in [1.82, 2.24) is 24.4 Å². The van der Waals surface area contributed by atoms with Crippen LogP contribution >= 0.6 is 0 Å². The van der Waals surface area contributed by atoms with Crippen molar-refractivity contribution in [3.05, 3.63) is 71.2 Å². The summed E-state index contributed by atoms with van der Waals surface area (Å²) in [4.78, 5) is 22.0. The van der Waals surface area contributed by atoms with E-state index >= 15 is 0 Å². The SMILES string of the molecule is Cc1cn2nc(C3=CC(=O)N4C=C(N5CCC(CN)C5)C=CC4=CCC3C)cc2c(C)n1. The van der Waals surface area contributed by atoms with Gasteiger partial charge in [0.2, 0.25) is 0 Å². The number of fused-ring (bicyclic) bond motifs is 2. The highest BCUT2D eigenvalue weighted by molar-refractivity contribution is 5.98. The first-order valence-electron chi connectivity index (χ1n) is 11.4. The molecule has 7 nitrogen and oxygen atoms in total. The van der Waals surface area contributed by atoms with Crippen LogP contribution in [0.25, 0.3) is 11.1 Å². The molecule has 5 heterocycles. The van der Waals surface area contributed by atoms with E-state index in [-0.39, 0.29) is 11.8 Å². The largest absolute Gasteiger partial charge is 0.370 e. The number of amides is 1. The molecule has 1 fully saturated rings. The molecular formula is C25H30N6O. The molecule has 2 aromatic heterocycles. The van der Waals surface area contributed by atoms with E-state index in [1.165, 1.54) is 0 Å². The highest BCUT2D eigenvalue weighted by atomic mass is 16.2. The van der Waals surface area contributed by atoms with Crippen molar-refractivity contribution < 1.29 is 4.79 Å². The van der Waals surface area contributed by atoms with Gasteiger partial charge in [0, 0.05) is 31.1 Å². The molecule has 2 aromatic rings. The second-order valence-corrected chi connectivity index (χ2v) is 9.12. The Kier molecular flexibility index (Phi) is 5.21. The lowest BCUT2D eigenvalue weighted by molar-refractivity contribution is -0.122. The molecule has 1 amide bonds. The van der Waals surface area contributed by atoms with Crippen LogP contribution in [0.3, 0.4) is 0 Å². The summed E-state index contributed by atoms with van der Waals surface area (Å²) >= 11 is 0. The van der Waals surface area contributed by atoms with E-state index in [4.69, 9.17) is 10.8 Å². The monoisotopic (exact) mass is 430 g/mol. The molecule has 1 saturated heterocycles. The van der Waals surface area contributed by atoms with Crippen molar-refractivity contribution in [3.8, 4) is 0 Å². The predicted molar refractivity (Wildman–Crippen MR) is 125 cm³/mol. The fraction of sp³-hybridized carbons (Fsp3) is 0.400. The molecule has 5 rings (SSSR count). The van der Waals surface area contributed by atoms with Gasteiger partial charge in [0.15, 0.2) is 0 Å². The van der Waals surface area contributed by atoms with Crippen molar-refractivity contribution in [2.75, 3.05) is 19.6 Å². The van der Waals surface area contributed by atoms with Gasteiger partial charge >= 0.3 is 0 Å². The molecule has 3 aliphatic heterocycles. The molecule has 0 aliphatic carbocycles. The molecule has 7 heteroatoms. The third-order valence-corrected chi connectivity index (χ3v) is 6.73. The van der Waals surface area contributed by atoms with Crippen molar-refractivity contribution >= 4 is 17.0 Å². The Morgan fingerprint density at radius 3 is 2.81 bits per heavy atom. The third-order valence-electron chi connectivity index (χ3n) is 6.73. The van der Waals surface area contributed by atoms with Gasteiger partial charge in [-0.2, -0.15) is 5.10 Å². The van der Waals surface area contributed by atoms with Crippen LogP contribution in [0.2, 0.25) is 0 Å². The van der Waals surface area contributed by atoms with E-state index in [2.05, 4.69) is 35.0 Å². The topological polar surface area (TPSA) is 79.8 Å². The summed E-state index contributed by atoms with van der Waals surface area (Å²) in [7, 11) is 0. The minimum absolute atomic E-state index is 0.0442. The number of hydrogen-bond acceptors (Lipinski definition) is 5. The zero-order chi connectivity index (χ0) is 22.4. The van der Waals surface area contributed by atoms with Crippen LogP contribution in [0, 0.1) is 25.7 Å². The molecule has 0 bridgehead atoms. The molecule has 0 saturated carbocycles. The molecule has 2 N–H and O–H groups in total. The van der Waals surface area contributed by atoms with Gasteiger partial charge in [-0.1, -0.05) is 13.0 Å². The minimum atomic E-state index is -0.0442. The third kappa shape index (κ3) is 3.66. The predicted octanol–water partition coefficient (Wildman–Crippen LogP) is 3.17. The Bertz CT molecular complexity index is 1200. The van der Waals surface area contributed by atoms with Crippen LogP contribution in [0.5, 0.6) is 0 Å². The maximum atomic E-state index is 13.4. The number of likely N-dealkylation sites (tertiary alicyclic amines) is 1. The van der Waals surface area contributed by atoms with Crippen LogP contribution in [0.1, 0.15) is 36.8 Å². The zero-order valence-corrected chi connectivity index (χ0v) is 19.0. The molecule has 0 radical (unpaired) electrons. The summed E-state index contributed by atoms with van der Waals surface area (Å²) in [5.74, 6) is 0.654. The number of nitrogens with zero attached hydrogens (tertiary/aromatic N) is 5. The van der Waals surface area contributed by atoms with E-state index < -0.39 is 0 Å². The molecule has 3 aliphatic rings. The highest BCUT2D eigenvalue weighted by Gasteiger charge is 2.27. The second kappa shape index (κ2) is 8.06. The van der Waals surface area contributed by atoms with Gasteiger partial charge in [0.25, 0.3) is 5.91 Å². The van der Waals surface area contributed by atoms with Gasteiger partial charge in [-0.05, 0) is 68.9 Å². The van der Waals surface area contributed by atoms with E-state index in [1.807, 2.05) is 36.8 Å². The number of carbonyl (C=O) groups is 1. The average molecular weight is 431 g/mol. The van der Waals surface area contributed by atoms with Crippen molar-refractivity contribution in [2.45, 2.75) is 33.6 Å². The molecule has 0 spiro atoms. The Morgan fingerprint density at radius 1 is 1.22 bits per heavy atom. The van der Waals surface area contributed by atoms with Gasteiger partial charge in [-0.15, -0.1) is 0 Å². The number of aryl methyl sites for hydroxylation is 2. The molecule has 0 aromatic carbocycles. The molecule has 2 unspecified atom stereocenters. The standard InChI is InChI=1S/C25H30N6O/c1-16-4-5-20-6-7-21(29-9-8-19(12-26)14-29)15-30(20)25(32)10-22(16)23-11-24-18(3)27-17(2)13-31(24)28-23/h5-7,10-11,13,15-16,19H,4,8-9,12,14,26H2,1-3H3. The first-order chi connectivity index (χ1) is 15.4. The molecule has 166 valence electrons. The van der Waals surface area contributed by atoms with Crippen molar-refractivity contribution in [3.63, 3.8) is 0 Å². The number of allylic oxidation sites excluding steroid dienone is 4. The first kappa shape index (κ1) is 20.7. The van der Waals surface area contributed by atoms with Gasteiger partial charge in [-0.25, -0.2) is 4.52 Å². The number of hydrogen-bond donors (Lipinski definition) is 1. The average Bonchev–Trinajstić information content (AvgIpc) is 3.42. The molecule has 2 atom stereocenters.